The second kappa shape index (κ2) is 6.07. The van der Waals surface area contributed by atoms with Gasteiger partial charge in [0.1, 0.15) is 5.75 Å². The van der Waals surface area contributed by atoms with Gasteiger partial charge in [-0.05, 0) is 25.6 Å². The highest BCUT2D eigenvalue weighted by Crippen LogP contribution is 2.16. The molecule has 5 heteroatoms. The van der Waals surface area contributed by atoms with Crippen LogP contribution in [-0.2, 0) is 11.2 Å². The number of rotatable bonds is 5. The quantitative estimate of drug-likeness (QED) is 0.737. The van der Waals surface area contributed by atoms with Crippen LogP contribution in [0.3, 0.4) is 0 Å². The van der Waals surface area contributed by atoms with Crippen molar-refractivity contribution >= 4 is 5.91 Å². The van der Waals surface area contributed by atoms with Gasteiger partial charge in [-0.1, -0.05) is 0 Å². The van der Waals surface area contributed by atoms with E-state index in [-0.39, 0.29) is 12.5 Å². The zero-order valence-electron chi connectivity index (χ0n) is 9.62. The molecule has 16 heavy (non-hydrogen) atoms. The van der Waals surface area contributed by atoms with Gasteiger partial charge in [-0.25, -0.2) is 0 Å². The fourth-order valence-electron chi connectivity index (χ4n) is 1.26. The van der Waals surface area contributed by atoms with E-state index in [1.54, 1.807) is 7.05 Å². The van der Waals surface area contributed by atoms with Crippen molar-refractivity contribution < 1.29 is 9.53 Å². The van der Waals surface area contributed by atoms with Gasteiger partial charge in [0.25, 0.3) is 5.91 Å². The molecule has 0 saturated heterocycles. The lowest BCUT2D eigenvalue weighted by atomic mass is 10.2. The van der Waals surface area contributed by atoms with Crippen LogP contribution in [0.4, 0.5) is 0 Å². The Bertz CT molecular complexity index is 366. The van der Waals surface area contributed by atoms with E-state index in [1.807, 2.05) is 19.1 Å². The number of likely N-dealkylation sites (N-methyl/N-ethyl adjacent to an activating group) is 1. The van der Waals surface area contributed by atoms with Crippen molar-refractivity contribution in [3.05, 3.63) is 23.5 Å². The van der Waals surface area contributed by atoms with E-state index in [0.29, 0.717) is 18.7 Å². The smallest absolute Gasteiger partial charge is 0.257 e. The summed E-state index contributed by atoms with van der Waals surface area (Å²) in [7, 11) is 1.57. The van der Waals surface area contributed by atoms with E-state index in [9.17, 15) is 4.79 Å². The van der Waals surface area contributed by atoms with E-state index in [0.717, 1.165) is 11.4 Å². The van der Waals surface area contributed by atoms with Crippen LogP contribution < -0.4 is 15.8 Å². The van der Waals surface area contributed by atoms with Gasteiger partial charge in [-0.15, -0.1) is 0 Å². The summed E-state index contributed by atoms with van der Waals surface area (Å²) >= 11 is 0. The van der Waals surface area contributed by atoms with Crippen LogP contribution in [0.15, 0.2) is 12.1 Å². The molecule has 0 saturated carbocycles. The molecule has 1 aromatic rings. The summed E-state index contributed by atoms with van der Waals surface area (Å²) in [5.74, 6) is 0.457. The predicted molar refractivity (Wildman–Crippen MR) is 61.3 cm³/mol. The molecule has 1 heterocycles. The lowest BCUT2D eigenvalue weighted by molar-refractivity contribution is -0.122. The lowest BCUT2D eigenvalue weighted by Crippen LogP contribution is -2.25. The third-order valence-corrected chi connectivity index (χ3v) is 2.09. The number of nitrogens with two attached hydrogens (primary N) is 1. The Hall–Kier alpha value is -1.62. The molecule has 1 rings (SSSR count). The summed E-state index contributed by atoms with van der Waals surface area (Å²) in [5.41, 5.74) is 7.20. The number of pyridine rings is 1. The third-order valence-electron chi connectivity index (χ3n) is 2.09. The molecular weight excluding hydrogens is 206 g/mol. The van der Waals surface area contributed by atoms with Crippen LogP contribution in [0.25, 0.3) is 0 Å². The van der Waals surface area contributed by atoms with Crippen molar-refractivity contribution in [2.45, 2.75) is 13.3 Å². The van der Waals surface area contributed by atoms with Crippen LogP contribution >= 0.6 is 0 Å². The highest BCUT2D eigenvalue weighted by Gasteiger charge is 2.07. The minimum atomic E-state index is -0.167. The molecule has 3 N–H and O–H groups in total. The third kappa shape index (κ3) is 3.51. The van der Waals surface area contributed by atoms with Gasteiger partial charge >= 0.3 is 0 Å². The van der Waals surface area contributed by atoms with E-state index in [4.69, 9.17) is 10.5 Å². The highest BCUT2D eigenvalue weighted by atomic mass is 16.5. The molecule has 0 atom stereocenters. The van der Waals surface area contributed by atoms with Crippen LogP contribution in [0, 0.1) is 6.92 Å². The molecule has 0 spiro atoms. The molecule has 0 aliphatic rings. The van der Waals surface area contributed by atoms with Crippen molar-refractivity contribution in [2.24, 2.45) is 5.73 Å². The summed E-state index contributed by atoms with van der Waals surface area (Å²) in [6, 6.07) is 3.66. The van der Waals surface area contributed by atoms with Crippen molar-refractivity contribution in [1.82, 2.24) is 10.3 Å². The monoisotopic (exact) mass is 223 g/mol. The summed E-state index contributed by atoms with van der Waals surface area (Å²) in [5, 5.41) is 2.49. The van der Waals surface area contributed by atoms with Gasteiger partial charge < -0.3 is 15.8 Å². The molecule has 0 aliphatic carbocycles. The number of carbonyl (C=O) groups is 1. The Balaban J connectivity index is 2.73. The Labute approximate surface area is 95.0 Å². The first-order valence-electron chi connectivity index (χ1n) is 5.17. The maximum atomic E-state index is 11.0. The average molecular weight is 223 g/mol. The van der Waals surface area contributed by atoms with Crippen LogP contribution in [0.5, 0.6) is 5.75 Å². The second-order valence-electron chi connectivity index (χ2n) is 3.40. The summed E-state index contributed by atoms with van der Waals surface area (Å²) in [4.78, 5) is 15.4. The Kier molecular flexibility index (Phi) is 4.72. The molecule has 5 nitrogen and oxygen atoms in total. The minimum Gasteiger partial charge on any atom is -0.482 e. The number of aryl methyl sites for hydroxylation is 1. The molecule has 1 amide bonds. The first-order chi connectivity index (χ1) is 7.67. The Morgan fingerprint density at radius 3 is 2.94 bits per heavy atom. The molecule has 0 aliphatic heterocycles. The van der Waals surface area contributed by atoms with Crippen LogP contribution in [0.2, 0.25) is 0 Å². The van der Waals surface area contributed by atoms with E-state index in [2.05, 4.69) is 10.3 Å². The van der Waals surface area contributed by atoms with Crippen molar-refractivity contribution in [3.8, 4) is 5.75 Å². The number of hydrogen-bond donors (Lipinski definition) is 2. The fourth-order valence-corrected chi connectivity index (χ4v) is 1.26. The molecule has 0 radical (unpaired) electrons. The highest BCUT2D eigenvalue weighted by molar-refractivity contribution is 5.77. The molecular formula is C11H17N3O2. The number of aromatic nitrogens is 1. The van der Waals surface area contributed by atoms with Crippen molar-refractivity contribution in [1.29, 1.82) is 0 Å². The zero-order valence-corrected chi connectivity index (χ0v) is 9.62. The minimum absolute atomic E-state index is 0.00118. The lowest BCUT2D eigenvalue weighted by Gasteiger charge is -2.10. The first-order valence-corrected chi connectivity index (χ1v) is 5.17. The standard InChI is InChI=1S/C11H17N3O2/c1-8-3-4-10(9(14-8)5-6-12)16-7-11(15)13-2/h3-4H,5-7,12H2,1-2H3,(H,13,15). The number of nitrogens with one attached hydrogen (secondary N) is 1. The number of amides is 1. The molecule has 88 valence electrons. The SMILES string of the molecule is CNC(=O)COc1ccc(C)nc1CCN. The predicted octanol–water partition coefficient (Wildman–Crippen LogP) is 0.0160. The average Bonchev–Trinajstić information content (AvgIpc) is 2.28. The zero-order chi connectivity index (χ0) is 12.0. The van der Waals surface area contributed by atoms with Crippen LogP contribution in [-0.4, -0.2) is 31.1 Å². The van der Waals surface area contributed by atoms with Gasteiger partial charge in [-0.2, -0.15) is 0 Å². The van der Waals surface area contributed by atoms with E-state index >= 15 is 0 Å². The molecule has 1 aromatic heterocycles. The molecule has 0 aromatic carbocycles. The van der Waals surface area contributed by atoms with Gasteiger partial charge in [0.2, 0.25) is 0 Å². The van der Waals surface area contributed by atoms with Crippen molar-refractivity contribution in [3.63, 3.8) is 0 Å². The molecule has 0 unspecified atom stereocenters. The Morgan fingerprint density at radius 1 is 1.56 bits per heavy atom. The number of nitrogens with zero attached hydrogens (tertiary/aromatic N) is 1. The summed E-state index contributed by atoms with van der Waals surface area (Å²) in [6.07, 6.45) is 0.644. The van der Waals surface area contributed by atoms with Gasteiger partial charge in [0.05, 0.1) is 5.69 Å². The summed E-state index contributed by atoms with van der Waals surface area (Å²) in [6.45, 7) is 2.41. The maximum absolute atomic E-state index is 11.0. The van der Waals surface area contributed by atoms with E-state index < -0.39 is 0 Å². The van der Waals surface area contributed by atoms with E-state index in [1.165, 1.54) is 0 Å². The Morgan fingerprint density at radius 2 is 2.31 bits per heavy atom. The number of carbonyl (C=O) groups excluding carboxylic acids is 1. The van der Waals surface area contributed by atoms with Gasteiger partial charge in [-0.3, -0.25) is 9.78 Å². The molecule has 0 fully saturated rings. The largest absolute Gasteiger partial charge is 0.482 e. The topological polar surface area (TPSA) is 77.2 Å². The second-order valence-corrected chi connectivity index (χ2v) is 3.40. The first kappa shape index (κ1) is 12.4. The maximum Gasteiger partial charge on any atom is 0.257 e. The normalized spacial score (nSPS) is 9.94. The summed E-state index contributed by atoms with van der Waals surface area (Å²) < 4.78 is 5.37. The molecule has 0 bridgehead atoms. The number of ether oxygens (including phenoxy) is 1. The van der Waals surface area contributed by atoms with Gasteiger partial charge in [0, 0.05) is 19.2 Å². The fraction of sp³-hybridized carbons (Fsp3) is 0.455. The van der Waals surface area contributed by atoms with Crippen LogP contribution in [0.1, 0.15) is 11.4 Å². The number of hydrogen-bond acceptors (Lipinski definition) is 4. The van der Waals surface area contributed by atoms with Crippen molar-refractivity contribution in [2.75, 3.05) is 20.2 Å². The van der Waals surface area contributed by atoms with Gasteiger partial charge in [0.15, 0.2) is 6.61 Å².